The molecule has 0 bridgehead atoms. The summed E-state index contributed by atoms with van der Waals surface area (Å²) in [6, 6.07) is 0. The Kier molecular flexibility index (Phi) is 5.62. The molecule has 1 rings (SSSR count). The van der Waals surface area contributed by atoms with Crippen molar-refractivity contribution in [3.63, 3.8) is 0 Å². The summed E-state index contributed by atoms with van der Waals surface area (Å²) < 4.78 is 100. The van der Waals surface area contributed by atoms with Crippen molar-refractivity contribution in [3.8, 4) is 0 Å². The molecule has 5 nitrogen and oxygen atoms in total. The zero-order valence-electron chi connectivity index (χ0n) is 11.6. The summed E-state index contributed by atoms with van der Waals surface area (Å²) in [5.74, 6) is -2.28. The van der Waals surface area contributed by atoms with Crippen LogP contribution in [0.5, 0.6) is 0 Å². The first-order chi connectivity index (χ1) is 10.2. The van der Waals surface area contributed by atoms with Crippen LogP contribution < -0.4 is 0 Å². The van der Waals surface area contributed by atoms with Crippen molar-refractivity contribution in [2.45, 2.75) is 37.2 Å². The van der Waals surface area contributed by atoms with Gasteiger partial charge in [-0.2, -0.15) is 26.3 Å². The smallest absolute Gasteiger partial charge is 0.429 e. The molecule has 1 aliphatic rings. The van der Waals surface area contributed by atoms with Gasteiger partial charge < -0.3 is 9.84 Å². The van der Waals surface area contributed by atoms with Gasteiger partial charge in [-0.05, 0) is 18.8 Å². The van der Waals surface area contributed by atoms with E-state index < -0.39 is 52.7 Å². The van der Waals surface area contributed by atoms with E-state index in [1.54, 1.807) is 0 Å². The van der Waals surface area contributed by atoms with Gasteiger partial charge in [0.15, 0.2) is 0 Å². The normalized spacial score (nSPS) is 20.3. The standard InChI is InChI=1S/C11H14F6O5S/c12-10(13,14)9(19,11(15,16)17)6-22-8(18)5-7-1-3-23(20,21)4-2-7/h7,19H,1-6H2. The van der Waals surface area contributed by atoms with Crippen LogP contribution in [0.15, 0.2) is 0 Å². The quantitative estimate of drug-likeness (QED) is 0.599. The van der Waals surface area contributed by atoms with Gasteiger partial charge in [-0.1, -0.05) is 0 Å². The summed E-state index contributed by atoms with van der Waals surface area (Å²) in [4.78, 5) is 11.4. The molecule has 0 amide bonds. The highest BCUT2D eigenvalue weighted by Crippen LogP contribution is 2.43. The number of esters is 1. The molecule has 1 aliphatic heterocycles. The fourth-order valence-electron chi connectivity index (χ4n) is 1.95. The molecule has 0 spiro atoms. The van der Waals surface area contributed by atoms with Crippen molar-refractivity contribution < 1.29 is 49.4 Å². The molecule has 0 aromatic rings. The van der Waals surface area contributed by atoms with Crippen LogP contribution in [0.25, 0.3) is 0 Å². The van der Waals surface area contributed by atoms with E-state index in [4.69, 9.17) is 5.11 Å². The Morgan fingerprint density at radius 3 is 1.87 bits per heavy atom. The number of ether oxygens (including phenoxy) is 1. The van der Waals surface area contributed by atoms with E-state index >= 15 is 0 Å². The predicted molar refractivity (Wildman–Crippen MR) is 64.0 cm³/mol. The molecule has 0 unspecified atom stereocenters. The van der Waals surface area contributed by atoms with Crippen molar-refractivity contribution in [3.05, 3.63) is 0 Å². The average Bonchev–Trinajstić information content (AvgIpc) is 2.36. The summed E-state index contributed by atoms with van der Waals surface area (Å²) in [5.41, 5.74) is -5.15. The SMILES string of the molecule is O=C(CC1CCS(=O)(=O)CC1)OCC(O)(C(F)(F)F)C(F)(F)F. The first kappa shape index (κ1) is 20.0. The Bertz CT molecular complexity index is 510. The lowest BCUT2D eigenvalue weighted by atomic mass is 9.99. The molecule has 23 heavy (non-hydrogen) atoms. The molecule has 0 aliphatic carbocycles. The molecule has 0 saturated carbocycles. The minimum atomic E-state index is -6.07. The Labute approximate surface area is 127 Å². The molecular formula is C11H14F6O5S. The van der Waals surface area contributed by atoms with Crippen LogP contribution in [0.1, 0.15) is 19.3 Å². The third kappa shape index (κ3) is 4.96. The number of carbonyl (C=O) groups is 1. The highest BCUT2D eigenvalue weighted by atomic mass is 32.2. The van der Waals surface area contributed by atoms with Gasteiger partial charge in [0.25, 0.3) is 5.60 Å². The summed E-state index contributed by atoms with van der Waals surface area (Å²) in [5, 5.41) is 8.80. The number of rotatable bonds is 4. The third-order valence-corrected chi connectivity index (χ3v) is 5.22. The molecule has 12 heteroatoms. The second-order valence-electron chi connectivity index (χ2n) is 5.32. The van der Waals surface area contributed by atoms with Crippen molar-refractivity contribution in [2.24, 2.45) is 5.92 Å². The van der Waals surface area contributed by atoms with Crippen LogP contribution in [-0.4, -0.2) is 55.6 Å². The second kappa shape index (κ2) is 6.46. The Morgan fingerprint density at radius 2 is 1.48 bits per heavy atom. The van der Waals surface area contributed by atoms with E-state index in [-0.39, 0.29) is 24.3 Å². The first-order valence-electron chi connectivity index (χ1n) is 6.40. The van der Waals surface area contributed by atoms with Gasteiger partial charge >= 0.3 is 18.3 Å². The van der Waals surface area contributed by atoms with Crippen LogP contribution in [0.2, 0.25) is 0 Å². The van der Waals surface area contributed by atoms with Gasteiger partial charge in [0.1, 0.15) is 16.4 Å². The van der Waals surface area contributed by atoms with E-state index in [0.717, 1.165) is 0 Å². The monoisotopic (exact) mass is 372 g/mol. The highest BCUT2D eigenvalue weighted by molar-refractivity contribution is 7.91. The number of sulfone groups is 1. The van der Waals surface area contributed by atoms with Crippen LogP contribution in [-0.2, 0) is 19.4 Å². The van der Waals surface area contributed by atoms with Crippen molar-refractivity contribution in [2.75, 3.05) is 18.1 Å². The minimum absolute atomic E-state index is 0.0697. The minimum Gasteiger partial charge on any atom is -0.462 e. The first-order valence-corrected chi connectivity index (χ1v) is 8.22. The lowest BCUT2D eigenvalue weighted by molar-refractivity contribution is -0.375. The molecule has 1 N–H and O–H groups in total. The van der Waals surface area contributed by atoms with Gasteiger partial charge in [0.05, 0.1) is 11.5 Å². The predicted octanol–water partition coefficient (Wildman–Crippen LogP) is 1.60. The van der Waals surface area contributed by atoms with Crippen LogP contribution in [0.3, 0.4) is 0 Å². The highest BCUT2D eigenvalue weighted by Gasteiger charge is 2.71. The maximum absolute atomic E-state index is 12.4. The van der Waals surface area contributed by atoms with Crippen LogP contribution >= 0.6 is 0 Å². The molecular weight excluding hydrogens is 358 g/mol. The Hall–Kier alpha value is -1.04. The molecule has 1 fully saturated rings. The van der Waals surface area contributed by atoms with Gasteiger partial charge in [0.2, 0.25) is 0 Å². The van der Waals surface area contributed by atoms with Gasteiger partial charge in [-0.3, -0.25) is 4.79 Å². The zero-order chi connectivity index (χ0) is 18.1. The molecule has 0 atom stereocenters. The van der Waals surface area contributed by atoms with E-state index in [0.29, 0.717) is 0 Å². The molecule has 1 heterocycles. The molecule has 0 radical (unpaired) electrons. The van der Waals surface area contributed by atoms with Crippen molar-refractivity contribution >= 4 is 15.8 Å². The van der Waals surface area contributed by atoms with E-state index in [9.17, 15) is 39.6 Å². The molecule has 1 saturated heterocycles. The summed E-state index contributed by atoms with van der Waals surface area (Å²) in [6.45, 7) is -2.30. The average molecular weight is 372 g/mol. The Morgan fingerprint density at radius 1 is 1.04 bits per heavy atom. The maximum Gasteiger partial charge on any atom is 0.429 e. The van der Waals surface area contributed by atoms with E-state index in [1.165, 1.54) is 0 Å². The van der Waals surface area contributed by atoms with E-state index in [1.807, 2.05) is 0 Å². The van der Waals surface area contributed by atoms with Crippen LogP contribution in [0, 0.1) is 5.92 Å². The number of aliphatic hydroxyl groups is 1. The summed E-state index contributed by atoms with van der Waals surface area (Å²) in [7, 11) is -3.22. The lowest BCUT2D eigenvalue weighted by Gasteiger charge is -2.31. The largest absolute Gasteiger partial charge is 0.462 e. The van der Waals surface area contributed by atoms with Crippen molar-refractivity contribution in [1.29, 1.82) is 0 Å². The van der Waals surface area contributed by atoms with Gasteiger partial charge in [0, 0.05) is 6.42 Å². The molecule has 0 aromatic carbocycles. The lowest BCUT2D eigenvalue weighted by Crippen LogP contribution is -2.60. The fraction of sp³-hybridized carbons (Fsp3) is 0.909. The molecule has 0 aromatic heterocycles. The third-order valence-electron chi connectivity index (χ3n) is 3.51. The topological polar surface area (TPSA) is 80.7 Å². The number of hydrogen-bond donors (Lipinski definition) is 1. The second-order valence-corrected chi connectivity index (χ2v) is 7.62. The number of hydrogen-bond acceptors (Lipinski definition) is 5. The zero-order valence-corrected chi connectivity index (χ0v) is 12.4. The van der Waals surface area contributed by atoms with Gasteiger partial charge in [-0.15, -0.1) is 0 Å². The molecule has 136 valence electrons. The van der Waals surface area contributed by atoms with Crippen molar-refractivity contribution in [1.82, 2.24) is 0 Å². The summed E-state index contributed by atoms with van der Waals surface area (Å²) in [6.07, 6.45) is -12.5. The Balaban J connectivity index is 2.61. The van der Waals surface area contributed by atoms with Gasteiger partial charge in [-0.25, -0.2) is 8.42 Å². The van der Waals surface area contributed by atoms with E-state index in [2.05, 4.69) is 4.74 Å². The maximum atomic E-state index is 12.4. The van der Waals surface area contributed by atoms with Crippen LogP contribution in [0.4, 0.5) is 26.3 Å². The fourth-order valence-corrected chi connectivity index (χ4v) is 3.54. The number of halogens is 6. The summed E-state index contributed by atoms with van der Waals surface area (Å²) >= 11 is 0. The number of carbonyl (C=O) groups excluding carboxylic acids is 1. The number of alkyl halides is 6.